The van der Waals surface area contributed by atoms with Crippen LogP contribution < -0.4 is 10.5 Å². The van der Waals surface area contributed by atoms with Gasteiger partial charge < -0.3 is 20.1 Å². The van der Waals surface area contributed by atoms with Gasteiger partial charge in [-0.2, -0.15) is 0 Å². The fourth-order valence-electron chi connectivity index (χ4n) is 1.88. The monoisotopic (exact) mass is 320 g/mol. The van der Waals surface area contributed by atoms with E-state index < -0.39 is 0 Å². The van der Waals surface area contributed by atoms with Gasteiger partial charge in [0, 0.05) is 24.7 Å². The lowest BCUT2D eigenvalue weighted by Crippen LogP contribution is -2.49. The Hall–Kier alpha value is -1.01. The molecule has 20 heavy (non-hydrogen) atoms. The standard InChI is InChI=1S/C13H17ClN2O3.ClH/c14-10-2-1-3-11(6-10)19-9-13(17)16-4-5-18-12(7-15)8-16;/h1-3,6,12H,4-5,7-9,15H2;1H. The zero-order chi connectivity index (χ0) is 13.7. The average Bonchev–Trinajstić information content (AvgIpc) is 2.45. The fraction of sp³-hybridized carbons (Fsp3) is 0.462. The molecule has 5 nitrogen and oxygen atoms in total. The lowest BCUT2D eigenvalue weighted by atomic mass is 10.2. The number of carbonyl (C=O) groups excluding carboxylic acids is 1. The molecule has 1 fully saturated rings. The van der Waals surface area contributed by atoms with E-state index in [0.717, 1.165) is 0 Å². The van der Waals surface area contributed by atoms with Crippen molar-refractivity contribution < 1.29 is 14.3 Å². The van der Waals surface area contributed by atoms with E-state index in [1.54, 1.807) is 29.2 Å². The summed E-state index contributed by atoms with van der Waals surface area (Å²) in [5, 5.41) is 0.583. The Balaban J connectivity index is 0.00000200. The van der Waals surface area contributed by atoms with Crippen LogP contribution in [0, 0.1) is 0 Å². The van der Waals surface area contributed by atoms with E-state index >= 15 is 0 Å². The Labute approximate surface area is 129 Å². The minimum Gasteiger partial charge on any atom is -0.484 e. The molecule has 1 aliphatic rings. The number of carbonyl (C=O) groups is 1. The maximum absolute atomic E-state index is 12.0. The molecule has 1 heterocycles. The maximum atomic E-state index is 12.0. The molecule has 1 aliphatic heterocycles. The number of ether oxygens (including phenoxy) is 2. The van der Waals surface area contributed by atoms with E-state index in [1.165, 1.54) is 0 Å². The molecule has 2 N–H and O–H groups in total. The largest absolute Gasteiger partial charge is 0.484 e. The van der Waals surface area contributed by atoms with Gasteiger partial charge in [-0.05, 0) is 18.2 Å². The smallest absolute Gasteiger partial charge is 0.260 e. The quantitative estimate of drug-likeness (QED) is 0.909. The molecule has 0 spiro atoms. The van der Waals surface area contributed by atoms with Crippen molar-refractivity contribution in [2.75, 3.05) is 32.8 Å². The number of halogens is 2. The summed E-state index contributed by atoms with van der Waals surface area (Å²) in [4.78, 5) is 13.7. The van der Waals surface area contributed by atoms with Crippen molar-refractivity contribution >= 4 is 29.9 Å². The Morgan fingerprint density at radius 2 is 2.35 bits per heavy atom. The number of benzene rings is 1. The first-order chi connectivity index (χ1) is 9.19. The first-order valence-electron chi connectivity index (χ1n) is 6.17. The molecule has 1 unspecified atom stereocenters. The summed E-state index contributed by atoms with van der Waals surface area (Å²) in [5.74, 6) is 0.520. The molecule has 0 aromatic heterocycles. The average molecular weight is 321 g/mol. The molecule has 0 aliphatic carbocycles. The molecule has 1 aromatic rings. The molecule has 0 bridgehead atoms. The lowest BCUT2D eigenvalue weighted by Gasteiger charge is -2.32. The molecule has 1 atom stereocenters. The fourth-order valence-corrected chi connectivity index (χ4v) is 2.06. The summed E-state index contributed by atoms with van der Waals surface area (Å²) >= 11 is 5.84. The molecule has 0 saturated carbocycles. The van der Waals surface area contributed by atoms with Crippen LogP contribution in [0.2, 0.25) is 5.02 Å². The molecule has 2 rings (SSSR count). The summed E-state index contributed by atoms with van der Waals surface area (Å²) in [6.07, 6.45) is -0.0798. The molecule has 1 amide bonds. The predicted molar refractivity (Wildman–Crippen MR) is 79.6 cm³/mol. The number of morpholine rings is 1. The molecule has 112 valence electrons. The second-order valence-corrected chi connectivity index (χ2v) is 4.75. The minimum atomic E-state index is -0.0798. The Kier molecular flexibility index (Phi) is 7.09. The van der Waals surface area contributed by atoms with Crippen LogP contribution in [0.3, 0.4) is 0 Å². The second kappa shape index (κ2) is 8.32. The van der Waals surface area contributed by atoms with Gasteiger partial charge in [-0.15, -0.1) is 12.4 Å². The topological polar surface area (TPSA) is 64.8 Å². The summed E-state index contributed by atoms with van der Waals surface area (Å²) in [6, 6.07) is 6.98. The number of rotatable bonds is 4. The van der Waals surface area contributed by atoms with Crippen LogP contribution in [0.1, 0.15) is 0 Å². The number of hydrogen-bond donors (Lipinski definition) is 1. The van der Waals surface area contributed by atoms with Gasteiger partial charge in [0.2, 0.25) is 0 Å². The van der Waals surface area contributed by atoms with Crippen LogP contribution >= 0.6 is 24.0 Å². The SMILES string of the molecule is Cl.NCC1CN(C(=O)COc2cccc(Cl)c2)CCO1. The van der Waals surface area contributed by atoms with Crippen molar-refractivity contribution in [3.05, 3.63) is 29.3 Å². The van der Waals surface area contributed by atoms with Crippen LogP contribution in [0.15, 0.2) is 24.3 Å². The van der Waals surface area contributed by atoms with E-state index in [-0.39, 0.29) is 31.0 Å². The molecule has 1 saturated heterocycles. The van der Waals surface area contributed by atoms with Crippen molar-refractivity contribution in [2.24, 2.45) is 5.73 Å². The highest BCUT2D eigenvalue weighted by Crippen LogP contribution is 2.17. The van der Waals surface area contributed by atoms with E-state index in [2.05, 4.69) is 0 Å². The van der Waals surface area contributed by atoms with E-state index in [0.29, 0.717) is 37.0 Å². The van der Waals surface area contributed by atoms with Gasteiger partial charge in [0.25, 0.3) is 5.91 Å². The molecular weight excluding hydrogens is 303 g/mol. The third kappa shape index (κ3) is 4.83. The van der Waals surface area contributed by atoms with Crippen LogP contribution in [0.25, 0.3) is 0 Å². The number of hydrogen-bond acceptors (Lipinski definition) is 4. The van der Waals surface area contributed by atoms with Crippen molar-refractivity contribution in [1.82, 2.24) is 4.90 Å². The Morgan fingerprint density at radius 1 is 1.55 bits per heavy atom. The van der Waals surface area contributed by atoms with E-state index in [1.807, 2.05) is 0 Å². The van der Waals surface area contributed by atoms with Gasteiger partial charge in [0.15, 0.2) is 6.61 Å². The van der Waals surface area contributed by atoms with Gasteiger partial charge in [-0.1, -0.05) is 17.7 Å². The molecule has 0 radical (unpaired) electrons. The van der Waals surface area contributed by atoms with Crippen molar-refractivity contribution in [1.29, 1.82) is 0 Å². The Morgan fingerprint density at radius 3 is 3.05 bits per heavy atom. The normalized spacial score (nSPS) is 18.3. The van der Waals surface area contributed by atoms with Gasteiger partial charge in [0.05, 0.1) is 12.7 Å². The molecule has 7 heteroatoms. The van der Waals surface area contributed by atoms with E-state index in [4.69, 9.17) is 26.8 Å². The lowest BCUT2D eigenvalue weighted by molar-refractivity contribution is -0.140. The van der Waals surface area contributed by atoms with Gasteiger partial charge in [-0.3, -0.25) is 4.79 Å². The van der Waals surface area contributed by atoms with Crippen molar-refractivity contribution in [2.45, 2.75) is 6.10 Å². The molecular formula is C13H18Cl2N2O3. The van der Waals surface area contributed by atoms with Crippen LogP contribution in [0.4, 0.5) is 0 Å². The zero-order valence-electron chi connectivity index (χ0n) is 11.0. The summed E-state index contributed by atoms with van der Waals surface area (Å²) in [6.45, 7) is 2.03. The van der Waals surface area contributed by atoms with Crippen LogP contribution in [-0.2, 0) is 9.53 Å². The van der Waals surface area contributed by atoms with Gasteiger partial charge in [-0.25, -0.2) is 0 Å². The third-order valence-corrected chi connectivity index (χ3v) is 3.15. The minimum absolute atomic E-state index is 0. The van der Waals surface area contributed by atoms with Crippen molar-refractivity contribution in [3.8, 4) is 5.75 Å². The number of nitrogens with zero attached hydrogens (tertiary/aromatic N) is 1. The van der Waals surface area contributed by atoms with Gasteiger partial charge >= 0.3 is 0 Å². The van der Waals surface area contributed by atoms with Crippen LogP contribution in [0.5, 0.6) is 5.75 Å². The number of amides is 1. The second-order valence-electron chi connectivity index (χ2n) is 4.31. The third-order valence-electron chi connectivity index (χ3n) is 2.91. The highest BCUT2D eigenvalue weighted by molar-refractivity contribution is 6.30. The number of nitrogens with two attached hydrogens (primary N) is 1. The van der Waals surface area contributed by atoms with E-state index in [9.17, 15) is 4.79 Å². The van der Waals surface area contributed by atoms with Crippen molar-refractivity contribution in [3.63, 3.8) is 0 Å². The Bertz CT molecular complexity index is 445. The first kappa shape index (κ1) is 17.0. The highest BCUT2D eigenvalue weighted by Gasteiger charge is 2.23. The molecule has 1 aromatic carbocycles. The first-order valence-corrected chi connectivity index (χ1v) is 6.54. The van der Waals surface area contributed by atoms with Gasteiger partial charge in [0.1, 0.15) is 5.75 Å². The predicted octanol–water partition coefficient (Wildman–Crippen LogP) is 1.33. The maximum Gasteiger partial charge on any atom is 0.260 e. The summed E-state index contributed by atoms with van der Waals surface area (Å²) in [5.41, 5.74) is 5.54. The zero-order valence-corrected chi connectivity index (χ0v) is 12.5. The summed E-state index contributed by atoms with van der Waals surface area (Å²) in [7, 11) is 0. The van der Waals surface area contributed by atoms with Crippen LogP contribution in [-0.4, -0.2) is 49.8 Å². The highest BCUT2D eigenvalue weighted by atomic mass is 35.5. The summed E-state index contributed by atoms with van der Waals surface area (Å²) < 4.78 is 10.8.